The van der Waals surface area contributed by atoms with Crippen molar-refractivity contribution in [3.63, 3.8) is 0 Å². The van der Waals surface area contributed by atoms with Crippen molar-refractivity contribution >= 4 is 10.9 Å². The van der Waals surface area contributed by atoms with E-state index < -0.39 is 0 Å². The zero-order valence-corrected chi connectivity index (χ0v) is 18.3. The second kappa shape index (κ2) is 9.21. The Morgan fingerprint density at radius 1 is 1.17 bits per heavy atom. The number of ether oxygens (including phenoxy) is 1. The van der Waals surface area contributed by atoms with Crippen molar-refractivity contribution in [2.75, 3.05) is 33.8 Å². The number of aromatic nitrogens is 1. The van der Waals surface area contributed by atoms with Gasteiger partial charge in [0.1, 0.15) is 5.75 Å². The molecule has 0 bridgehead atoms. The molecule has 0 amide bonds. The molecule has 5 heteroatoms. The van der Waals surface area contributed by atoms with Crippen molar-refractivity contribution in [3.8, 4) is 5.75 Å². The van der Waals surface area contributed by atoms with Gasteiger partial charge in [0.15, 0.2) is 0 Å². The fourth-order valence-electron chi connectivity index (χ4n) is 4.69. The summed E-state index contributed by atoms with van der Waals surface area (Å²) in [5, 5.41) is 10.7. The Kier molecular flexibility index (Phi) is 6.42. The van der Waals surface area contributed by atoms with Crippen molar-refractivity contribution in [3.05, 3.63) is 64.8 Å². The van der Waals surface area contributed by atoms with Gasteiger partial charge in [0.05, 0.1) is 13.7 Å². The van der Waals surface area contributed by atoms with Crippen molar-refractivity contribution in [2.24, 2.45) is 0 Å². The highest BCUT2D eigenvalue weighted by Gasteiger charge is 2.24. The fraction of sp³-hybridized carbons (Fsp3) is 0.440. The number of methoxy groups -OCH3 is 1. The summed E-state index contributed by atoms with van der Waals surface area (Å²) < 4.78 is 5.77. The molecule has 160 valence electrons. The number of aliphatic hydroxyl groups excluding tert-OH is 1. The van der Waals surface area contributed by atoms with Gasteiger partial charge in [-0.25, -0.2) is 0 Å². The van der Waals surface area contributed by atoms with Crippen LogP contribution in [0.1, 0.15) is 41.1 Å². The lowest BCUT2D eigenvalue weighted by Gasteiger charge is -2.32. The number of fused-ring (bicyclic) bond motifs is 1. The summed E-state index contributed by atoms with van der Waals surface area (Å²) in [7, 11) is 3.96. The van der Waals surface area contributed by atoms with Crippen LogP contribution < -0.4 is 4.74 Å². The first-order valence-electron chi connectivity index (χ1n) is 10.9. The molecule has 1 aromatic heterocycles. The SMILES string of the molecule is COc1cc(C)c2[nH]ccc2c1CN(C)C(CN1CCCC1)c1ccc(CO)cc1. The van der Waals surface area contributed by atoms with Crippen molar-refractivity contribution in [1.82, 2.24) is 14.8 Å². The van der Waals surface area contributed by atoms with Gasteiger partial charge in [-0.3, -0.25) is 4.90 Å². The summed E-state index contributed by atoms with van der Waals surface area (Å²) >= 11 is 0. The smallest absolute Gasteiger partial charge is 0.124 e. The Balaban J connectivity index is 1.66. The average molecular weight is 408 g/mol. The van der Waals surface area contributed by atoms with E-state index >= 15 is 0 Å². The minimum absolute atomic E-state index is 0.0823. The van der Waals surface area contributed by atoms with Crippen molar-refractivity contribution in [2.45, 2.75) is 39.0 Å². The number of aryl methyl sites for hydroxylation is 1. The van der Waals surface area contributed by atoms with Crippen LogP contribution in [-0.2, 0) is 13.2 Å². The quantitative estimate of drug-likeness (QED) is 0.586. The number of aromatic amines is 1. The van der Waals surface area contributed by atoms with E-state index in [-0.39, 0.29) is 12.6 Å². The van der Waals surface area contributed by atoms with Crippen LogP contribution in [0.3, 0.4) is 0 Å². The molecule has 0 saturated carbocycles. The molecule has 1 fully saturated rings. The summed E-state index contributed by atoms with van der Waals surface area (Å²) in [6, 6.07) is 13.0. The average Bonchev–Trinajstić information content (AvgIpc) is 3.46. The summed E-state index contributed by atoms with van der Waals surface area (Å²) in [4.78, 5) is 8.38. The highest BCUT2D eigenvalue weighted by atomic mass is 16.5. The molecule has 0 spiro atoms. The zero-order chi connectivity index (χ0) is 21.1. The maximum Gasteiger partial charge on any atom is 0.124 e. The number of likely N-dealkylation sites (N-methyl/N-ethyl adjacent to an activating group) is 1. The van der Waals surface area contributed by atoms with Gasteiger partial charge in [-0.2, -0.15) is 0 Å². The molecule has 1 unspecified atom stereocenters. The third-order valence-electron chi connectivity index (χ3n) is 6.45. The molecule has 3 aromatic rings. The van der Waals surface area contributed by atoms with E-state index in [0.29, 0.717) is 0 Å². The van der Waals surface area contributed by atoms with Crippen LogP contribution >= 0.6 is 0 Å². The molecular weight excluding hydrogens is 374 g/mol. The zero-order valence-electron chi connectivity index (χ0n) is 18.3. The highest BCUT2D eigenvalue weighted by Crippen LogP contribution is 2.33. The maximum atomic E-state index is 9.43. The van der Waals surface area contributed by atoms with E-state index in [1.807, 2.05) is 18.3 Å². The maximum absolute atomic E-state index is 9.43. The van der Waals surface area contributed by atoms with E-state index in [2.05, 4.69) is 53.0 Å². The van der Waals surface area contributed by atoms with E-state index in [1.54, 1.807) is 7.11 Å². The van der Waals surface area contributed by atoms with Gasteiger partial charge in [-0.1, -0.05) is 24.3 Å². The minimum atomic E-state index is 0.0823. The molecule has 2 N–H and O–H groups in total. The first-order chi connectivity index (χ1) is 14.6. The Labute approximate surface area is 179 Å². The number of nitrogens with zero attached hydrogens (tertiary/aromatic N) is 2. The second-order valence-electron chi connectivity index (χ2n) is 8.48. The van der Waals surface area contributed by atoms with Crippen molar-refractivity contribution < 1.29 is 9.84 Å². The number of benzene rings is 2. The minimum Gasteiger partial charge on any atom is -0.496 e. The predicted octanol–water partition coefficient (Wildman–Crippen LogP) is 4.25. The van der Waals surface area contributed by atoms with Crippen LogP contribution in [0.2, 0.25) is 0 Å². The molecule has 5 nitrogen and oxygen atoms in total. The van der Waals surface area contributed by atoms with Gasteiger partial charge in [0.2, 0.25) is 0 Å². The van der Waals surface area contributed by atoms with Crippen LogP contribution in [0.15, 0.2) is 42.6 Å². The molecule has 1 atom stereocenters. The number of rotatable bonds is 8. The number of hydrogen-bond donors (Lipinski definition) is 2. The van der Waals surface area contributed by atoms with E-state index in [0.717, 1.165) is 24.4 Å². The van der Waals surface area contributed by atoms with Gasteiger partial charge in [-0.05, 0) is 68.7 Å². The van der Waals surface area contributed by atoms with E-state index in [1.165, 1.54) is 53.5 Å². The standard InChI is InChI=1S/C25H33N3O2/c1-18-14-24(30-3)22(21-10-11-26-25(18)21)15-27(2)23(16-28-12-4-5-13-28)20-8-6-19(17-29)7-9-20/h6-11,14,23,26,29H,4-5,12-13,15-17H2,1-3H3. The first kappa shape index (κ1) is 20.9. The number of likely N-dealkylation sites (tertiary alicyclic amines) is 1. The topological polar surface area (TPSA) is 51.7 Å². The molecule has 4 rings (SSSR count). The Bertz CT molecular complexity index is 974. The largest absolute Gasteiger partial charge is 0.496 e. The van der Waals surface area contributed by atoms with Gasteiger partial charge in [0.25, 0.3) is 0 Å². The van der Waals surface area contributed by atoms with E-state index in [4.69, 9.17) is 4.74 Å². The molecule has 1 aliphatic rings. The molecule has 1 aliphatic heterocycles. The number of hydrogen-bond acceptors (Lipinski definition) is 4. The van der Waals surface area contributed by atoms with Gasteiger partial charge < -0.3 is 19.7 Å². The summed E-state index contributed by atoms with van der Waals surface area (Å²) in [5.41, 5.74) is 5.85. The molecule has 30 heavy (non-hydrogen) atoms. The Morgan fingerprint density at radius 3 is 2.57 bits per heavy atom. The highest BCUT2D eigenvalue weighted by molar-refractivity contribution is 5.88. The van der Waals surface area contributed by atoms with Crippen LogP contribution in [0.25, 0.3) is 10.9 Å². The van der Waals surface area contributed by atoms with Crippen LogP contribution in [0.5, 0.6) is 5.75 Å². The summed E-state index contributed by atoms with van der Waals surface area (Å²) in [6.45, 7) is 6.37. The third kappa shape index (κ3) is 4.24. The normalized spacial score (nSPS) is 15.9. The number of H-pyrrole nitrogens is 1. The summed E-state index contributed by atoms with van der Waals surface area (Å²) in [5.74, 6) is 0.946. The lowest BCUT2D eigenvalue weighted by atomic mass is 10.0. The summed E-state index contributed by atoms with van der Waals surface area (Å²) in [6.07, 6.45) is 4.58. The van der Waals surface area contributed by atoms with Gasteiger partial charge >= 0.3 is 0 Å². The number of aliphatic hydroxyl groups is 1. The lowest BCUT2D eigenvalue weighted by molar-refractivity contribution is 0.173. The Morgan fingerprint density at radius 2 is 1.90 bits per heavy atom. The molecule has 2 aromatic carbocycles. The first-order valence-corrected chi connectivity index (χ1v) is 10.9. The lowest BCUT2D eigenvalue weighted by Crippen LogP contribution is -2.35. The van der Waals surface area contributed by atoms with Crippen molar-refractivity contribution in [1.29, 1.82) is 0 Å². The number of nitrogens with one attached hydrogen (secondary N) is 1. The molecule has 1 saturated heterocycles. The molecule has 0 aliphatic carbocycles. The van der Waals surface area contributed by atoms with Crippen LogP contribution in [0, 0.1) is 6.92 Å². The van der Waals surface area contributed by atoms with Crippen LogP contribution in [0.4, 0.5) is 0 Å². The molecule has 2 heterocycles. The van der Waals surface area contributed by atoms with E-state index in [9.17, 15) is 5.11 Å². The Hall–Kier alpha value is -2.34. The third-order valence-corrected chi connectivity index (χ3v) is 6.45. The van der Waals surface area contributed by atoms with Gasteiger partial charge in [-0.15, -0.1) is 0 Å². The van der Waals surface area contributed by atoms with Gasteiger partial charge in [0, 0.05) is 41.8 Å². The molecule has 0 radical (unpaired) electrons. The van der Waals surface area contributed by atoms with Crippen LogP contribution in [-0.4, -0.2) is 53.7 Å². The second-order valence-corrected chi connectivity index (χ2v) is 8.48. The fourth-order valence-corrected chi connectivity index (χ4v) is 4.69. The monoisotopic (exact) mass is 407 g/mol. The molecular formula is C25H33N3O2. The predicted molar refractivity (Wildman–Crippen MR) is 122 cm³/mol.